The van der Waals surface area contributed by atoms with Crippen LogP contribution in [0.3, 0.4) is 0 Å². The number of rotatable bonds is 8. The van der Waals surface area contributed by atoms with Gasteiger partial charge in [0.1, 0.15) is 17.4 Å². The third-order valence-electron chi connectivity index (χ3n) is 5.94. The summed E-state index contributed by atoms with van der Waals surface area (Å²) in [6, 6.07) is 10.3. The number of anilines is 1. The van der Waals surface area contributed by atoms with Crippen LogP contribution in [-0.4, -0.2) is 54.1 Å². The van der Waals surface area contributed by atoms with Crippen LogP contribution in [0.1, 0.15) is 36.5 Å². The highest BCUT2D eigenvalue weighted by molar-refractivity contribution is 6.03. The number of phenols is 1. The Balaban J connectivity index is 1.43. The SMILES string of the molecule is CC1C=CN(Cc2ccc(/C=C3\CCCN=C3NCCNc3ccc(F)cc3)c(C=N)c2O)C=N1. The zero-order valence-corrected chi connectivity index (χ0v) is 19.8. The minimum absolute atomic E-state index is 0.112. The van der Waals surface area contributed by atoms with Gasteiger partial charge in [-0.2, -0.15) is 0 Å². The van der Waals surface area contributed by atoms with E-state index in [1.165, 1.54) is 18.3 Å². The van der Waals surface area contributed by atoms with E-state index in [0.29, 0.717) is 25.2 Å². The number of nitrogens with one attached hydrogen (secondary N) is 3. The molecule has 0 aromatic heterocycles. The van der Waals surface area contributed by atoms with Gasteiger partial charge in [-0.15, -0.1) is 0 Å². The van der Waals surface area contributed by atoms with Crippen LogP contribution in [0.15, 0.2) is 64.2 Å². The van der Waals surface area contributed by atoms with Crippen molar-refractivity contribution in [1.82, 2.24) is 10.2 Å². The Labute approximate surface area is 205 Å². The fourth-order valence-corrected chi connectivity index (χ4v) is 4.01. The normalized spacial score (nSPS) is 18.5. The van der Waals surface area contributed by atoms with Gasteiger partial charge in [-0.05, 0) is 67.3 Å². The standard InChI is InChI=1S/C27H31FN6O/c1-19-10-14-34(18-33-19)17-22-5-4-20(25(16-29)26(22)35)15-21-3-2-11-31-27(21)32-13-12-30-24-8-6-23(28)7-9-24/h4-10,14-16,18-19,29-30,35H,2-3,11-13,17H2,1H3,(H,31,32)/b21-15+,29-16?. The van der Waals surface area contributed by atoms with Crippen LogP contribution in [0.25, 0.3) is 6.08 Å². The predicted octanol–water partition coefficient (Wildman–Crippen LogP) is 4.55. The summed E-state index contributed by atoms with van der Waals surface area (Å²) in [5.74, 6) is 0.691. The van der Waals surface area contributed by atoms with Crippen LogP contribution >= 0.6 is 0 Å². The zero-order chi connectivity index (χ0) is 24.6. The van der Waals surface area contributed by atoms with Gasteiger partial charge in [-0.3, -0.25) is 9.98 Å². The monoisotopic (exact) mass is 474 g/mol. The highest BCUT2D eigenvalue weighted by Crippen LogP contribution is 2.29. The van der Waals surface area contributed by atoms with Gasteiger partial charge in [-0.25, -0.2) is 4.39 Å². The molecule has 0 aliphatic carbocycles. The van der Waals surface area contributed by atoms with Crippen LogP contribution in [0.5, 0.6) is 5.75 Å². The first kappa shape index (κ1) is 24.2. The first-order valence-electron chi connectivity index (χ1n) is 11.8. The molecule has 8 heteroatoms. The van der Waals surface area contributed by atoms with Crippen molar-refractivity contribution in [2.45, 2.75) is 32.4 Å². The largest absolute Gasteiger partial charge is 0.507 e. The van der Waals surface area contributed by atoms with Crippen molar-refractivity contribution in [3.8, 4) is 5.75 Å². The van der Waals surface area contributed by atoms with Gasteiger partial charge in [0, 0.05) is 48.9 Å². The lowest BCUT2D eigenvalue weighted by molar-refractivity contribution is 0.452. The molecular formula is C27H31FN6O. The van der Waals surface area contributed by atoms with Gasteiger partial charge in [0.05, 0.1) is 18.9 Å². The van der Waals surface area contributed by atoms with E-state index in [4.69, 9.17) is 5.41 Å². The number of hydrogen-bond donors (Lipinski definition) is 4. The predicted molar refractivity (Wildman–Crippen MR) is 141 cm³/mol. The molecule has 4 N–H and O–H groups in total. The first-order chi connectivity index (χ1) is 17.0. The maximum absolute atomic E-state index is 13.1. The van der Waals surface area contributed by atoms with Gasteiger partial charge in [-0.1, -0.05) is 12.1 Å². The van der Waals surface area contributed by atoms with Crippen LogP contribution in [0, 0.1) is 11.2 Å². The van der Waals surface area contributed by atoms with Crippen LogP contribution in [0.4, 0.5) is 10.1 Å². The smallest absolute Gasteiger partial charge is 0.129 e. The van der Waals surface area contributed by atoms with E-state index in [0.717, 1.165) is 47.6 Å². The molecule has 0 amide bonds. The molecule has 0 saturated carbocycles. The van der Waals surface area contributed by atoms with E-state index in [9.17, 15) is 9.50 Å². The second-order valence-electron chi connectivity index (χ2n) is 8.60. The van der Waals surface area contributed by atoms with Crippen LogP contribution in [0.2, 0.25) is 0 Å². The molecule has 2 aromatic rings. The number of phenolic OH excluding ortho intramolecular Hbond substituents is 1. The first-order valence-corrected chi connectivity index (χ1v) is 11.8. The number of halogens is 1. The summed E-state index contributed by atoms with van der Waals surface area (Å²) in [7, 11) is 0. The molecule has 0 fully saturated rings. The van der Waals surface area contributed by atoms with Crippen molar-refractivity contribution in [3.63, 3.8) is 0 Å². The zero-order valence-electron chi connectivity index (χ0n) is 19.8. The minimum atomic E-state index is -0.254. The number of benzene rings is 2. The molecule has 0 spiro atoms. The Hall–Kier alpha value is -3.94. The second-order valence-corrected chi connectivity index (χ2v) is 8.60. The van der Waals surface area contributed by atoms with Gasteiger partial charge in [0.2, 0.25) is 0 Å². The number of aromatic hydroxyl groups is 1. The third-order valence-corrected chi connectivity index (χ3v) is 5.94. The minimum Gasteiger partial charge on any atom is -0.507 e. The molecule has 182 valence electrons. The molecule has 1 unspecified atom stereocenters. The van der Waals surface area contributed by atoms with Gasteiger partial charge in [0.25, 0.3) is 0 Å². The van der Waals surface area contributed by atoms with Crippen molar-refractivity contribution in [2.24, 2.45) is 9.98 Å². The van der Waals surface area contributed by atoms with E-state index >= 15 is 0 Å². The third kappa shape index (κ3) is 6.35. The topological polar surface area (TPSA) is 96.1 Å². The Kier molecular flexibility index (Phi) is 7.92. The Bertz CT molecular complexity index is 1150. The maximum Gasteiger partial charge on any atom is 0.129 e. The Morgan fingerprint density at radius 3 is 2.71 bits per heavy atom. The molecule has 0 radical (unpaired) electrons. The second kappa shape index (κ2) is 11.5. The highest BCUT2D eigenvalue weighted by atomic mass is 19.1. The molecule has 2 aromatic carbocycles. The van der Waals surface area contributed by atoms with Crippen molar-refractivity contribution in [1.29, 1.82) is 5.41 Å². The van der Waals surface area contributed by atoms with Crippen LogP contribution in [-0.2, 0) is 6.54 Å². The fraction of sp³-hybridized carbons (Fsp3) is 0.296. The van der Waals surface area contributed by atoms with Crippen molar-refractivity contribution in [3.05, 3.63) is 76.8 Å². The van der Waals surface area contributed by atoms with Gasteiger partial charge < -0.3 is 26.0 Å². The van der Waals surface area contributed by atoms with Crippen LogP contribution < -0.4 is 10.6 Å². The molecule has 35 heavy (non-hydrogen) atoms. The van der Waals surface area contributed by atoms with Crippen molar-refractivity contribution in [2.75, 3.05) is 25.0 Å². The summed E-state index contributed by atoms with van der Waals surface area (Å²) in [5, 5.41) is 25.5. The summed E-state index contributed by atoms with van der Waals surface area (Å²) in [6.07, 6.45) is 10.8. The van der Waals surface area contributed by atoms with Gasteiger partial charge >= 0.3 is 0 Å². The summed E-state index contributed by atoms with van der Waals surface area (Å²) >= 11 is 0. The summed E-state index contributed by atoms with van der Waals surface area (Å²) in [6.45, 7) is 4.56. The highest BCUT2D eigenvalue weighted by Gasteiger charge is 2.16. The summed E-state index contributed by atoms with van der Waals surface area (Å²) in [4.78, 5) is 10.9. The average Bonchev–Trinajstić information content (AvgIpc) is 2.87. The summed E-state index contributed by atoms with van der Waals surface area (Å²) < 4.78 is 13.1. The lowest BCUT2D eigenvalue weighted by Crippen LogP contribution is -2.32. The number of amidine groups is 1. The van der Waals surface area contributed by atoms with Crippen molar-refractivity contribution >= 4 is 30.2 Å². The molecule has 4 rings (SSSR count). The van der Waals surface area contributed by atoms with Gasteiger partial charge in [0.15, 0.2) is 0 Å². The molecule has 2 heterocycles. The lowest BCUT2D eigenvalue weighted by Gasteiger charge is -2.21. The Morgan fingerprint density at radius 1 is 1.17 bits per heavy atom. The molecule has 1 atom stereocenters. The van der Waals surface area contributed by atoms with E-state index in [2.05, 4.69) is 20.6 Å². The Morgan fingerprint density at radius 2 is 1.97 bits per heavy atom. The van der Waals surface area contributed by atoms with Crippen molar-refractivity contribution < 1.29 is 9.50 Å². The molecular weight excluding hydrogens is 443 g/mol. The summed E-state index contributed by atoms with van der Waals surface area (Å²) in [5.41, 5.74) is 3.92. The number of nitrogens with zero attached hydrogens (tertiary/aromatic N) is 3. The van der Waals surface area contributed by atoms with E-state index < -0.39 is 0 Å². The molecule has 0 bridgehead atoms. The van der Waals surface area contributed by atoms with E-state index in [1.54, 1.807) is 18.5 Å². The number of aliphatic imine (C=N–C) groups is 2. The van der Waals surface area contributed by atoms with E-state index in [-0.39, 0.29) is 17.6 Å². The molecule has 2 aliphatic rings. The quantitative estimate of drug-likeness (QED) is 0.333. The maximum atomic E-state index is 13.1. The average molecular weight is 475 g/mol. The molecule has 0 saturated heterocycles. The van der Waals surface area contributed by atoms with E-state index in [1.807, 2.05) is 42.3 Å². The number of hydrogen-bond acceptors (Lipinski definition) is 7. The fourth-order valence-electron chi connectivity index (χ4n) is 4.01. The lowest BCUT2D eigenvalue weighted by atomic mass is 9.97. The molecule has 7 nitrogen and oxygen atoms in total. The molecule has 2 aliphatic heterocycles.